The molecule has 12 heteroatoms. The van der Waals surface area contributed by atoms with Crippen LogP contribution in [0.1, 0.15) is 41.6 Å². The van der Waals surface area contributed by atoms with E-state index in [0.717, 1.165) is 11.6 Å². The number of anilines is 1. The number of nitrogens with one attached hydrogen (secondary N) is 1. The smallest absolute Gasteiger partial charge is 0.253 e. The largest absolute Gasteiger partial charge is 0.393 e. The molecule has 0 aliphatic heterocycles. The molecule has 1 amide bonds. The minimum atomic E-state index is -3.82. The molecule has 0 unspecified atom stereocenters. The molecule has 2 aromatic heterocycles. The van der Waals surface area contributed by atoms with Gasteiger partial charge in [0.25, 0.3) is 5.91 Å². The van der Waals surface area contributed by atoms with Gasteiger partial charge in [0.15, 0.2) is 11.5 Å². The number of rotatable bonds is 6. The number of halogens is 1. The molecule has 1 aliphatic rings. The standard InChI is InChI=1S/C28H31FN6O4S/c1-16-4-10-20(40(38,39)33-18-6-8-19(36)9-7-18)13-22(16)25-14-31-27-26(30)32-24(15-35(25)27)21-11-5-17(12-23(21)29)28(37)34(2)3/h4-5,10-15,18-19,33,36H,6-9H2,1-3H3,(H2,30,32)/t18-,19-. The maximum atomic E-state index is 15.1. The van der Waals surface area contributed by atoms with Crippen LogP contribution in [0, 0.1) is 12.7 Å². The highest BCUT2D eigenvalue weighted by molar-refractivity contribution is 7.89. The Morgan fingerprint density at radius 3 is 2.52 bits per heavy atom. The third-order valence-electron chi connectivity index (χ3n) is 7.23. The number of imidazole rings is 1. The van der Waals surface area contributed by atoms with Crippen LogP contribution in [0.15, 0.2) is 53.7 Å². The molecule has 0 bridgehead atoms. The van der Waals surface area contributed by atoms with E-state index in [-0.39, 0.29) is 45.6 Å². The number of benzene rings is 2. The summed E-state index contributed by atoms with van der Waals surface area (Å²) in [4.78, 5) is 22.4. The van der Waals surface area contributed by atoms with E-state index in [4.69, 9.17) is 5.73 Å². The number of nitrogens with zero attached hydrogens (tertiary/aromatic N) is 4. The lowest BCUT2D eigenvalue weighted by atomic mass is 9.94. The average Bonchev–Trinajstić information content (AvgIpc) is 3.34. The Labute approximate surface area is 231 Å². The van der Waals surface area contributed by atoms with Crippen molar-refractivity contribution in [3.8, 4) is 22.5 Å². The van der Waals surface area contributed by atoms with Crippen LogP contribution in [0.4, 0.5) is 10.2 Å². The van der Waals surface area contributed by atoms with Gasteiger partial charge in [0.1, 0.15) is 5.82 Å². The molecule has 1 fully saturated rings. The van der Waals surface area contributed by atoms with Gasteiger partial charge in [-0.2, -0.15) is 0 Å². The zero-order valence-electron chi connectivity index (χ0n) is 22.4. The van der Waals surface area contributed by atoms with Gasteiger partial charge in [-0.3, -0.25) is 9.20 Å². The third-order valence-corrected chi connectivity index (χ3v) is 8.75. The normalized spacial score (nSPS) is 17.7. The predicted molar refractivity (Wildman–Crippen MR) is 150 cm³/mol. The summed E-state index contributed by atoms with van der Waals surface area (Å²) in [5, 5.41) is 9.75. The number of hydrogen-bond acceptors (Lipinski definition) is 7. The maximum Gasteiger partial charge on any atom is 0.253 e. The lowest BCUT2D eigenvalue weighted by Gasteiger charge is -2.26. The molecule has 2 aromatic carbocycles. The topological polar surface area (TPSA) is 143 Å². The molecular formula is C28H31FN6O4S. The number of nitrogens with two attached hydrogens (primary N) is 1. The number of aliphatic hydroxyl groups excluding tert-OH is 1. The Morgan fingerprint density at radius 2 is 1.85 bits per heavy atom. The number of aromatic nitrogens is 3. The van der Waals surface area contributed by atoms with E-state index in [1.165, 1.54) is 17.0 Å². The van der Waals surface area contributed by atoms with Crippen molar-refractivity contribution in [1.82, 2.24) is 24.0 Å². The number of aliphatic hydroxyl groups is 1. The maximum absolute atomic E-state index is 15.1. The van der Waals surface area contributed by atoms with Crippen molar-refractivity contribution in [2.75, 3.05) is 19.8 Å². The minimum absolute atomic E-state index is 0.0687. The van der Waals surface area contributed by atoms with Gasteiger partial charge < -0.3 is 15.7 Å². The summed E-state index contributed by atoms with van der Waals surface area (Å²) in [5.41, 5.74) is 9.09. The van der Waals surface area contributed by atoms with Crippen LogP contribution in [0.25, 0.3) is 28.2 Å². The summed E-state index contributed by atoms with van der Waals surface area (Å²) < 4.78 is 46.0. The molecule has 0 radical (unpaired) electrons. The molecule has 10 nitrogen and oxygen atoms in total. The number of hydrogen-bond donors (Lipinski definition) is 3. The van der Waals surface area contributed by atoms with E-state index in [2.05, 4.69) is 14.7 Å². The first-order valence-electron chi connectivity index (χ1n) is 12.9. The fourth-order valence-electron chi connectivity index (χ4n) is 4.98. The molecule has 1 aliphatic carbocycles. The van der Waals surface area contributed by atoms with Gasteiger partial charge in [0.05, 0.1) is 28.6 Å². The van der Waals surface area contributed by atoms with Crippen LogP contribution in [0.3, 0.4) is 0 Å². The van der Waals surface area contributed by atoms with Gasteiger partial charge in [0, 0.05) is 43.0 Å². The van der Waals surface area contributed by atoms with Gasteiger partial charge in [0.2, 0.25) is 10.0 Å². The Kier molecular flexibility index (Phi) is 7.34. The summed E-state index contributed by atoms with van der Waals surface area (Å²) >= 11 is 0. The second-order valence-corrected chi connectivity index (χ2v) is 12.1. The number of sulfonamides is 1. The summed E-state index contributed by atoms with van der Waals surface area (Å²) in [6.07, 6.45) is 5.03. The Bertz CT molecular complexity index is 1710. The Morgan fingerprint density at radius 1 is 1.12 bits per heavy atom. The zero-order valence-corrected chi connectivity index (χ0v) is 23.2. The van der Waals surface area contributed by atoms with E-state index >= 15 is 4.39 Å². The second kappa shape index (κ2) is 10.6. The fourth-order valence-corrected chi connectivity index (χ4v) is 6.31. The van der Waals surface area contributed by atoms with Gasteiger partial charge in [-0.15, -0.1) is 0 Å². The minimum Gasteiger partial charge on any atom is -0.393 e. The van der Waals surface area contributed by atoms with Gasteiger partial charge in [-0.25, -0.2) is 27.5 Å². The molecule has 5 rings (SSSR count). The van der Waals surface area contributed by atoms with Crippen LogP contribution in [-0.4, -0.2) is 64.9 Å². The molecule has 1 saturated carbocycles. The summed E-state index contributed by atoms with van der Waals surface area (Å²) in [6, 6.07) is 8.77. The van der Waals surface area contributed by atoms with E-state index in [0.29, 0.717) is 42.6 Å². The van der Waals surface area contributed by atoms with Gasteiger partial charge in [-0.1, -0.05) is 6.07 Å². The predicted octanol–water partition coefficient (Wildman–Crippen LogP) is 3.38. The van der Waals surface area contributed by atoms with Crippen molar-refractivity contribution in [2.45, 2.75) is 49.6 Å². The number of carbonyl (C=O) groups is 1. The number of amides is 1. The lowest BCUT2D eigenvalue weighted by molar-refractivity contribution is 0.0827. The molecule has 40 heavy (non-hydrogen) atoms. The first kappa shape index (κ1) is 27.7. The molecule has 0 spiro atoms. The highest BCUT2D eigenvalue weighted by atomic mass is 32.2. The van der Waals surface area contributed by atoms with Crippen LogP contribution < -0.4 is 10.5 Å². The van der Waals surface area contributed by atoms with E-state index in [9.17, 15) is 18.3 Å². The molecule has 0 saturated heterocycles. The van der Waals surface area contributed by atoms with Crippen molar-refractivity contribution >= 4 is 27.4 Å². The monoisotopic (exact) mass is 566 g/mol. The van der Waals surface area contributed by atoms with Crippen LogP contribution in [0.2, 0.25) is 0 Å². The van der Waals surface area contributed by atoms with Crippen LogP contribution in [-0.2, 0) is 10.0 Å². The number of nitrogen functional groups attached to an aromatic ring is 1. The Balaban J connectivity index is 1.54. The van der Waals surface area contributed by atoms with Crippen molar-refractivity contribution in [1.29, 1.82) is 0 Å². The number of fused-ring (bicyclic) bond motifs is 1. The first-order chi connectivity index (χ1) is 18.9. The lowest BCUT2D eigenvalue weighted by Crippen LogP contribution is -2.38. The molecule has 2 heterocycles. The van der Waals surface area contributed by atoms with E-state index in [1.54, 1.807) is 49.1 Å². The van der Waals surface area contributed by atoms with Crippen LogP contribution >= 0.6 is 0 Å². The van der Waals surface area contributed by atoms with Crippen molar-refractivity contribution in [2.24, 2.45) is 0 Å². The summed E-state index contributed by atoms with van der Waals surface area (Å²) in [6.45, 7) is 1.85. The summed E-state index contributed by atoms with van der Waals surface area (Å²) in [5.74, 6) is -0.892. The van der Waals surface area contributed by atoms with Crippen molar-refractivity contribution in [3.63, 3.8) is 0 Å². The zero-order chi connectivity index (χ0) is 28.8. The van der Waals surface area contributed by atoms with Gasteiger partial charge >= 0.3 is 0 Å². The number of carbonyl (C=O) groups excluding carboxylic acids is 1. The summed E-state index contributed by atoms with van der Waals surface area (Å²) in [7, 11) is -0.647. The average molecular weight is 567 g/mol. The fraction of sp³-hybridized carbons (Fsp3) is 0.321. The van der Waals surface area contributed by atoms with E-state index in [1.807, 2.05) is 6.92 Å². The van der Waals surface area contributed by atoms with Crippen molar-refractivity contribution in [3.05, 3.63) is 65.7 Å². The third kappa shape index (κ3) is 5.29. The SMILES string of the molecule is Cc1ccc(S(=O)(=O)N[C@H]2CC[C@H](O)CC2)cc1-c1cnc2c(N)nc(-c3ccc(C(=O)N(C)C)cc3F)cn12. The highest BCUT2D eigenvalue weighted by Gasteiger charge is 2.26. The van der Waals surface area contributed by atoms with Crippen molar-refractivity contribution < 1.29 is 22.7 Å². The van der Waals surface area contributed by atoms with Gasteiger partial charge in [-0.05, 0) is 68.5 Å². The quantitative estimate of drug-likeness (QED) is 0.325. The molecule has 0 atom stereocenters. The highest BCUT2D eigenvalue weighted by Crippen LogP contribution is 2.31. The molecule has 210 valence electrons. The molecule has 4 N–H and O–H groups in total. The van der Waals surface area contributed by atoms with Crippen LogP contribution in [0.5, 0.6) is 0 Å². The molecular weight excluding hydrogens is 535 g/mol. The molecule has 4 aromatic rings. The second-order valence-electron chi connectivity index (χ2n) is 10.3. The Hall–Kier alpha value is -3.87. The first-order valence-corrected chi connectivity index (χ1v) is 14.4. The number of aryl methyl sites for hydroxylation is 1. The van der Waals surface area contributed by atoms with E-state index < -0.39 is 15.8 Å².